The molecule has 0 aliphatic heterocycles. The summed E-state index contributed by atoms with van der Waals surface area (Å²) in [5, 5.41) is 0. The Balaban J connectivity index is 0.663. The van der Waals surface area contributed by atoms with Crippen LogP contribution in [0.15, 0.2) is 170 Å². The van der Waals surface area contributed by atoms with Crippen molar-refractivity contribution >= 4 is 35.3 Å². The van der Waals surface area contributed by atoms with E-state index in [1.807, 2.05) is 105 Å². The summed E-state index contributed by atoms with van der Waals surface area (Å²) in [5.74, 6) is 1.56. The van der Waals surface area contributed by atoms with Crippen LogP contribution in [-0.2, 0) is 22.6 Å². The van der Waals surface area contributed by atoms with E-state index in [1.165, 1.54) is 19.3 Å². The van der Waals surface area contributed by atoms with Gasteiger partial charge in [0.2, 0.25) is 0 Å². The highest BCUT2D eigenvalue weighted by atomic mass is 16.5. The molecule has 0 saturated heterocycles. The third kappa shape index (κ3) is 21.2. The number of esters is 4. The Morgan fingerprint density at radius 3 is 0.953 bits per heavy atom. The first-order chi connectivity index (χ1) is 41.3. The maximum absolute atomic E-state index is 13.1. The zero-order chi connectivity index (χ0) is 60.2. The lowest BCUT2D eigenvalue weighted by atomic mass is 10.1. The van der Waals surface area contributed by atoms with Gasteiger partial charge in [-0.25, -0.2) is 28.3 Å². The molecule has 16 nitrogen and oxygen atoms in total. The van der Waals surface area contributed by atoms with E-state index in [0.717, 1.165) is 49.9 Å². The minimum Gasteiger partial charge on any atom is -0.494 e. The highest BCUT2D eigenvalue weighted by Crippen LogP contribution is 2.31. The van der Waals surface area contributed by atoms with Crippen LogP contribution >= 0.6 is 0 Å². The van der Waals surface area contributed by atoms with Gasteiger partial charge in [-0.15, -0.1) is 0 Å². The Morgan fingerprint density at radius 1 is 0.365 bits per heavy atom. The Labute approximate surface area is 500 Å². The van der Waals surface area contributed by atoms with Gasteiger partial charge in [-0.2, -0.15) is 0 Å². The summed E-state index contributed by atoms with van der Waals surface area (Å²) in [6.07, 6.45) is 21.3. The van der Waals surface area contributed by atoms with Crippen LogP contribution in [0.1, 0.15) is 110 Å². The predicted molar refractivity (Wildman–Crippen MR) is 327 cm³/mol. The number of benzene rings is 5. The molecule has 0 bridgehead atoms. The molecule has 0 aliphatic carbocycles. The summed E-state index contributed by atoms with van der Waals surface area (Å²) >= 11 is 0. The SMILES string of the molecule is Cc1c(OC(=O)c2ccc(OCCCCCCCCCCCOc3ccc(C(=O)OC/C=C\COC(=O)c4ccc(OCC[n+]5ccc(N(C)C)cc5)cc4)cc3)cc2)ccc(OC(=O)c2ccc(OCC[n+]3ccc(N(C)C)cc3)cc2)c1C. The number of pyridine rings is 2. The van der Waals surface area contributed by atoms with E-state index in [1.54, 1.807) is 121 Å². The van der Waals surface area contributed by atoms with Gasteiger partial charge in [0.1, 0.15) is 60.9 Å². The van der Waals surface area contributed by atoms with E-state index in [2.05, 4.69) is 4.57 Å². The number of ether oxygens (including phenoxy) is 8. The van der Waals surface area contributed by atoms with Crippen LogP contribution in [0, 0.1) is 13.8 Å². The van der Waals surface area contributed by atoms with Crippen LogP contribution < -0.4 is 47.4 Å². The number of nitrogens with zero attached hydrogens (tertiary/aromatic N) is 4. The van der Waals surface area contributed by atoms with Crippen LogP contribution in [0.5, 0.6) is 34.5 Å². The second-order valence-corrected chi connectivity index (χ2v) is 20.8. The molecule has 0 radical (unpaired) electrons. The second-order valence-electron chi connectivity index (χ2n) is 20.8. The second kappa shape index (κ2) is 33.8. The van der Waals surface area contributed by atoms with Gasteiger partial charge in [0.25, 0.3) is 0 Å². The fraction of sp³-hybridized carbons (Fsp3) is 0.333. The summed E-state index contributed by atoms with van der Waals surface area (Å²) < 4.78 is 49.9. The molecule has 0 fully saturated rings. The van der Waals surface area contributed by atoms with Crippen LogP contribution in [0.2, 0.25) is 0 Å². The number of hydrogen-bond donors (Lipinski definition) is 0. The first kappa shape index (κ1) is 63.4. The average molecular weight is 1160 g/mol. The molecule has 5 aromatic carbocycles. The van der Waals surface area contributed by atoms with Gasteiger partial charge in [-0.1, -0.05) is 44.9 Å². The normalized spacial score (nSPS) is 10.9. The highest BCUT2D eigenvalue weighted by molar-refractivity contribution is 5.93. The maximum Gasteiger partial charge on any atom is 0.343 e. The van der Waals surface area contributed by atoms with Crippen molar-refractivity contribution < 1.29 is 66.2 Å². The summed E-state index contributed by atoms with van der Waals surface area (Å²) in [6, 6.07) is 39.0. The number of unbranched alkanes of at least 4 members (excludes halogenated alkanes) is 8. The number of carbonyl (C=O) groups is 4. The molecule has 0 saturated carbocycles. The highest BCUT2D eigenvalue weighted by Gasteiger charge is 2.18. The first-order valence-corrected chi connectivity index (χ1v) is 29.1. The minimum atomic E-state index is -0.505. The summed E-state index contributed by atoms with van der Waals surface area (Å²) in [4.78, 5) is 55.3. The zero-order valence-corrected chi connectivity index (χ0v) is 49.9. The molecule has 0 spiro atoms. The molecule has 0 aliphatic rings. The van der Waals surface area contributed by atoms with Crippen molar-refractivity contribution in [3.05, 3.63) is 204 Å². The van der Waals surface area contributed by atoms with Crippen molar-refractivity contribution in [1.82, 2.24) is 0 Å². The van der Waals surface area contributed by atoms with E-state index in [-0.39, 0.29) is 13.2 Å². The van der Waals surface area contributed by atoms with Gasteiger partial charge in [0.15, 0.2) is 37.9 Å². The number of carbonyl (C=O) groups excluding carboxylic acids is 4. The summed E-state index contributed by atoms with van der Waals surface area (Å²) in [6.45, 7) is 7.27. The molecule has 2 heterocycles. The van der Waals surface area contributed by atoms with Gasteiger partial charge in [0, 0.05) is 63.8 Å². The average Bonchev–Trinajstić information content (AvgIpc) is 3.64. The zero-order valence-electron chi connectivity index (χ0n) is 49.9. The lowest BCUT2D eigenvalue weighted by Gasteiger charge is -2.14. The Bertz CT molecular complexity index is 3220. The lowest BCUT2D eigenvalue weighted by Crippen LogP contribution is -2.35. The Morgan fingerprint density at radius 2 is 0.647 bits per heavy atom. The molecule has 7 aromatic rings. The molecule has 7 rings (SSSR count). The van der Waals surface area contributed by atoms with Gasteiger partial charge in [-0.3, -0.25) is 0 Å². The van der Waals surface area contributed by atoms with E-state index < -0.39 is 23.9 Å². The van der Waals surface area contributed by atoms with Gasteiger partial charge < -0.3 is 47.7 Å². The smallest absolute Gasteiger partial charge is 0.343 e. The van der Waals surface area contributed by atoms with Crippen LogP contribution in [-0.4, -0.2) is 91.7 Å². The molecular weight excluding hydrogens is 1080 g/mol. The largest absolute Gasteiger partial charge is 0.494 e. The van der Waals surface area contributed by atoms with E-state index in [9.17, 15) is 19.2 Å². The fourth-order valence-corrected chi connectivity index (χ4v) is 8.76. The molecular formula is C69H80N4O12+2. The number of hydrogen-bond acceptors (Lipinski definition) is 14. The number of aromatic nitrogens is 2. The van der Waals surface area contributed by atoms with E-state index in [4.69, 9.17) is 37.9 Å². The predicted octanol–water partition coefficient (Wildman–Crippen LogP) is 12.1. The van der Waals surface area contributed by atoms with Gasteiger partial charge in [-0.05, 0) is 159 Å². The molecule has 0 unspecified atom stereocenters. The molecule has 446 valence electrons. The lowest BCUT2D eigenvalue weighted by molar-refractivity contribution is -0.697. The van der Waals surface area contributed by atoms with Crippen molar-refractivity contribution in [3.63, 3.8) is 0 Å². The van der Waals surface area contributed by atoms with Crippen molar-refractivity contribution in [2.75, 3.05) is 77.6 Å². The Kier molecular flexibility index (Phi) is 25.2. The molecule has 2 aromatic heterocycles. The third-order valence-electron chi connectivity index (χ3n) is 14.1. The number of anilines is 2. The summed E-state index contributed by atoms with van der Waals surface area (Å²) in [7, 11) is 8.02. The quantitative estimate of drug-likeness (QED) is 0.0123. The Hall–Kier alpha value is -9.18. The van der Waals surface area contributed by atoms with Crippen molar-refractivity contribution in [2.24, 2.45) is 0 Å². The van der Waals surface area contributed by atoms with Gasteiger partial charge in [0.05, 0.1) is 35.5 Å². The molecule has 0 amide bonds. The maximum atomic E-state index is 13.1. The van der Waals surface area contributed by atoms with Crippen LogP contribution in [0.25, 0.3) is 0 Å². The van der Waals surface area contributed by atoms with E-state index >= 15 is 0 Å². The molecule has 16 heteroatoms. The van der Waals surface area contributed by atoms with E-state index in [0.29, 0.717) is 107 Å². The van der Waals surface area contributed by atoms with Crippen LogP contribution in [0.4, 0.5) is 11.4 Å². The summed E-state index contributed by atoms with van der Waals surface area (Å²) in [5.41, 5.74) is 5.23. The van der Waals surface area contributed by atoms with Crippen molar-refractivity contribution in [3.8, 4) is 34.5 Å². The van der Waals surface area contributed by atoms with Gasteiger partial charge >= 0.3 is 23.9 Å². The number of rotatable bonds is 34. The molecule has 85 heavy (non-hydrogen) atoms. The monoisotopic (exact) mass is 1160 g/mol. The molecule has 0 N–H and O–H groups in total. The van der Waals surface area contributed by atoms with Crippen molar-refractivity contribution in [2.45, 2.75) is 84.7 Å². The van der Waals surface area contributed by atoms with Crippen molar-refractivity contribution in [1.29, 1.82) is 0 Å². The molecule has 0 atom stereocenters. The topological polar surface area (TPSA) is 156 Å². The first-order valence-electron chi connectivity index (χ1n) is 29.1. The standard InChI is InChI=1S/C69H80N4O12/c1-52-53(2)65(85-69(77)57-24-32-63(33-25-57)81-51-45-73-42-38-59(39-43-73)71(5)6)35-34-64(52)84-68(76)56-22-30-61(31-23-56)79-47-15-13-11-9-7-8-10-12-14-46-78-60-26-18-54(19-27-60)66(74)82-48-16-17-49-83-67(75)55-20-28-62(29-21-55)80-50-44-72-40-36-58(37-41-72)70(3)4/h16-43H,7-15,44-51H2,1-6H3/q+2/b17-16-. The third-order valence-corrected chi connectivity index (χ3v) is 14.1. The minimum absolute atomic E-state index is 0.0437. The fourth-order valence-electron chi connectivity index (χ4n) is 8.76. The van der Waals surface area contributed by atoms with Crippen LogP contribution in [0.3, 0.4) is 0 Å².